The standard InChI is InChI=1S/2C9H11.2C8H16N2O4S.2Y/c1-3-9-6-4-5-8(2)7-9;1-3-9-7-5-4-6-8(9)2;2*1-5-10(6-2)15(13,14)8(3,4)7(11)9-12;;/h4,6-7H,3H2,1-2H3;5-7H,3H2,1-2H3;2*12H,1-2,5-6H2,3-4H3,(H,9,11);;/q2*-1;2*-2;2*+3. The molecule has 0 aliphatic carbocycles. The molecule has 0 aromatic heterocycles. The Morgan fingerprint density at radius 1 is 0.760 bits per heavy atom. The molecule has 2 amide bonds. The fourth-order valence-electron chi connectivity index (χ4n) is 3.66. The maximum absolute atomic E-state index is 11.9. The molecule has 0 unspecified atom stereocenters. The number of hydroxylamine groups is 2. The van der Waals surface area contributed by atoms with E-state index in [1.807, 2.05) is 18.2 Å². The van der Waals surface area contributed by atoms with E-state index in [1.54, 1.807) is 0 Å². The number of hydrogen-bond acceptors (Lipinski definition) is 8. The Labute approximate surface area is 352 Å². The number of nitrogens with one attached hydrogen (secondary N) is 2. The van der Waals surface area contributed by atoms with Crippen LogP contribution in [0.2, 0.25) is 0 Å². The van der Waals surface area contributed by atoms with Gasteiger partial charge in [-0.05, 0) is 27.7 Å². The van der Waals surface area contributed by atoms with Crippen LogP contribution in [0.3, 0.4) is 0 Å². The van der Waals surface area contributed by atoms with Crippen LogP contribution in [0.5, 0.6) is 0 Å². The van der Waals surface area contributed by atoms with Gasteiger partial charge in [0.25, 0.3) is 11.8 Å². The molecule has 2 aromatic rings. The van der Waals surface area contributed by atoms with Gasteiger partial charge in [-0.15, -0.1) is 26.2 Å². The fourth-order valence-corrected chi connectivity index (χ4v) is 6.48. The minimum absolute atomic E-state index is 0. The van der Waals surface area contributed by atoms with Crippen molar-refractivity contribution >= 4 is 31.9 Å². The van der Waals surface area contributed by atoms with Crippen LogP contribution in [0.15, 0.2) is 36.4 Å². The van der Waals surface area contributed by atoms with E-state index in [4.69, 9.17) is 10.4 Å². The molecule has 2 rings (SSSR count). The van der Waals surface area contributed by atoms with Gasteiger partial charge in [-0.2, -0.15) is 70.8 Å². The van der Waals surface area contributed by atoms with Gasteiger partial charge in [-0.1, -0.05) is 40.5 Å². The molecule has 0 fully saturated rings. The summed E-state index contributed by atoms with van der Waals surface area (Å²) in [5, 5.41) is 16.9. The van der Waals surface area contributed by atoms with Gasteiger partial charge in [0.15, 0.2) is 9.49 Å². The summed E-state index contributed by atoms with van der Waals surface area (Å²) in [5.41, 5.74) is 8.06. The zero-order chi connectivity index (χ0) is 37.9. The van der Waals surface area contributed by atoms with Crippen molar-refractivity contribution in [2.24, 2.45) is 0 Å². The number of carbonyl (C=O) groups is 2. The summed E-state index contributed by atoms with van der Waals surface area (Å²) in [6.45, 7) is 27.0. The SMILES string of the molecule is CCc1cc[c-]c(C)c1.CCc1cc[c-]cc1C.[CH2-]CN(C[CH2-])S(=O)(=O)C(C)(C)C(=O)NO.[CH2-]CN(C[CH2-])S(=O)(=O)C(C)(C)C(=O)NO.[Y+3].[Y+3]. The number of aryl methyl sites for hydroxylation is 4. The van der Waals surface area contributed by atoms with E-state index in [9.17, 15) is 26.4 Å². The molecule has 0 saturated carbocycles. The molecule has 0 atom stereocenters. The third kappa shape index (κ3) is 16.6. The van der Waals surface area contributed by atoms with Gasteiger partial charge in [0.05, 0.1) is 0 Å². The molecule has 0 heterocycles. The zero-order valence-corrected chi connectivity index (χ0v) is 38.1. The number of benzene rings is 2. The molecular formula is C34H54N4O8S2Y2. The summed E-state index contributed by atoms with van der Waals surface area (Å²) in [6.07, 6.45) is 2.25. The number of rotatable bonds is 12. The van der Waals surface area contributed by atoms with Crippen molar-refractivity contribution in [3.05, 3.63) is 98.5 Å². The summed E-state index contributed by atoms with van der Waals surface area (Å²) < 4.78 is 46.0. The molecule has 50 heavy (non-hydrogen) atoms. The van der Waals surface area contributed by atoms with E-state index in [-0.39, 0.29) is 91.6 Å². The number of nitrogens with zero attached hydrogens (tertiary/aromatic N) is 2. The Balaban J connectivity index is -0.000000285. The maximum Gasteiger partial charge on any atom is 3.00 e. The normalized spacial score (nSPS) is 11.2. The molecule has 4 N–H and O–H groups in total. The molecule has 0 bridgehead atoms. The molecule has 0 aliphatic rings. The van der Waals surface area contributed by atoms with Gasteiger partial charge < -0.3 is 27.7 Å². The van der Waals surface area contributed by atoms with Crippen molar-refractivity contribution in [3.8, 4) is 0 Å². The van der Waals surface area contributed by atoms with Crippen molar-refractivity contribution in [3.63, 3.8) is 0 Å². The molecule has 0 radical (unpaired) electrons. The second kappa shape index (κ2) is 27.0. The molecule has 2 aromatic carbocycles. The Morgan fingerprint density at radius 2 is 1.16 bits per heavy atom. The van der Waals surface area contributed by atoms with Crippen LogP contribution in [0.4, 0.5) is 0 Å². The van der Waals surface area contributed by atoms with Gasteiger partial charge in [-0.25, -0.2) is 27.8 Å². The zero-order valence-electron chi connectivity index (χ0n) is 30.7. The Hall–Kier alpha value is -0.672. The van der Waals surface area contributed by atoms with Crippen LogP contribution < -0.4 is 11.0 Å². The third-order valence-corrected chi connectivity index (χ3v) is 12.3. The Morgan fingerprint density at radius 3 is 1.40 bits per heavy atom. The number of carbonyl (C=O) groups excluding carboxylic acids is 2. The average Bonchev–Trinajstić information content (AvgIpc) is 3.05. The molecular weight excluding hydrogens is 834 g/mol. The summed E-state index contributed by atoms with van der Waals surface area (Å²) in [7, 11) is -7.75. The maximum atomic E-state index is 11.9. The van der Waals surface area contributed by atoms with Gasteiger partial charge in [-0.3, -0.25) is 28.6 Å². The second-order valence-corrected chi connectivity index (χ2v) is 16.1. The van der Waals surface area contributed by atoms with Gasteiger partial charge >= 0.3 is 65.4 Å². The van der Waals surface area contributed by atoms with Crippen LogP contribution in [0, 0.1) is 53.7 Å². The largest absolute Gasteiger partial charge is 3.00 e. The summed E-state index contributed by atoms with van der Waals surface area (Å²) >= 11 is 0. The van der Waals surface area contributed by atoms with Crippen molar-refractivity contribution < 1.29 is 102 Å². The summed E-state index contributed by atoms with van der Waals surface area (Å²) in [6, 6.07) is 18.5. The van der Waals surface area contributed by atoms with Gasteiger partial charge in [0, 0.05) is 0 Å². The van der Waals surface area contributed by atoms with Gasteiger partial charge in [0.1, 0.15) is 0 Å². The van der Waals surface area contributed by atoms with E-state index in [1.165, 1.54) is 60.9 Å². The quantitative estimate of drug-likeness (QED) is 0.141. The third-order valence-electron chi connectivity index (χ3n) is 7.25. The second-order valence-electron chi connectivity index (χ2n) is 11.2. The summed E-state index contributed by atoms with van der Waals surface area (Å²) in [5.74, 6) is -1.98. The molecule has 0 aliphatic heterocycles. The molecule has 276 valence electrons. The van der Waals surface area contributed by atoms with Crippen LogP contribution in [0.25, 0.3) is 0 Å². The predicted molar refractivity (Wildman–Crippen MR) is 189 cm³/mol. The topological polar surface area (TPSA) is 173 Å². The first-order chi connectivity index (χ1) is 22.2. The van der Waals surface area contributed by atoms with Crippen molar-refractivity contribution in [2.45, 2.75) is 77.7 Å². The van der Waals surface area contributed by atoms with E-state index in [0.717, 1.165) is 21.5 Å². The average molecular weight is 889 g/mol. The first-order valence-corrected chi connectivity index (χ1v) is 18.0. The Bertz CT molecular complexity index is 1420. The van der Waals surface area contributed by atoms with E-state index in [2.05, 4.69) is 85.7 Å². The molecule has 0 spiro atoms. The number of amides is 2. The van der Waals surface area contributed by atoms with E-state index < -0.39 is 41.4 Å². The minimum Gasteiger partial charge on any atom is -0.329 e. The first kappa shape index (κ1) is 56.1. The fraction of sp³-hybridized carbons (Fsp3) is 0.471. The van der Waals surface area contributed by atoms with Crippen molar-refractivity contribution in [1.82, 2.24) is 19.6 Å². The van der Waals surface area contributed by atoms with Crippen molar-refractivity contribution in [1.29, 1.82) is 0 Å². The summed E-state index contributed by atoms with van der Waals surface area (Å²) in [4.78, 5) is 22.4. The van der Waals surface area contributed by atoms with Gasteiger partial charge in [0.2, 0.25) is 20.0 Å². The first-order valence-electron chi connectivity index (χ1n) is 15.2. The van der Waals surface area contributed by atoms with E-state index >= 15 is 0 Å². The smallest absolute Gasteiger partial charge is 0.329 e. The van der Waals surface area contributed by atoms with E-state index in [0.29, 0.717) is 0 Å². The van der Waals surface area contributed by atoms with Crippen molar-refractivity contribution in [2.75, 3.05) is 26.2 Å². The molecule has 0 saturated heterocycles. The van der Waals surface area contributed by atoms with Crippen LogP contribution in [-0.2, 0) is 108 Å². The number of hydrogen-bond donors (Lipinski definition) is 4. The Kier molecular flexibility index (Phi) is 30.3. The predicted octanol–water partition coefficient (Wildman–Crippen LogP) is 3.85. The van der Waals surface area contributed by atoms with Crippen LogP contribution >= 0.6 is 0 Å². The monoisotopic (exact) mass is 888 g/mol. The number of sulfonamides is 2. The van der Waals surface area contributed by atoms with Crippen LogP contribution in [-0.4, -0.2) is 83.3 Å². The molecule has 16 heteroatoms. The minimum atomic E-state index is -3.88. The molecule has 12 nitrogen and oxygen atoms in total. The van der Waals surface area contributed by atoms with Crippen LogP contribution in [0.1, 0.15) is 63.8 Å².